The minimum atomic E-state index is -4.26. The van der Waals surface area contributed by atoms with E-state index >= 15 is 0 Å². The monoisotopic (exact) mass is 290 g/mol. The van der Waals surface area contributed by atoms with Gasteiger partial charge in [-0.25, -0.2) is 0 Å². The topological polar surface area (TPSA) is 35.8 Å². The van der Waals surface area contributed by atoms with Crippen molar-refractivity contribution in [3.63, 3.8) is 0 Å². The Kier molecular flexibility index (Phi) is 4.49. The Bertz CT molecular complexity index is 613. The molecule has 5 heteroatoms. The molecule has 2 aromatic rings. The van der Waals surface area contributed by atoms with E-state index in [4.69, 9.17) is 5.26 Å². The molecule has 0 aromatic heterocycles. The third-order valence-corrected chi connectivity index (χ3v) is 2.99. The van der Waals surface area contributed by atoms with Crippen molar-refractivity contribution in [2.75, 3.05) is 5.32 Å². The Morgan fingerprint density at radius 2 is 1.62 bits per heavy atom. The normalized spacial score (nSPS) is 12.5. The Balaban J connectivity index is 2.21. The number of nitrogens with zero attached hydrogens (tertiary/aromatic N) is 1. The van der Waals surface area contributed by atoms with Crippen molar-refractivity contribution in [1.82, 2.24) is 0 Å². The SMILES string of the molecule is N#Cc1ccc(NC(CC(F)(F)F)c2ccccc2)cc1. The molecule has 0 aliphatic carbocycles. The second-order valence-electron chi connectivity index (χ2n) is 4.62. The first-order valence-electron chi connectivity index (χ1n) is 6.36. The molecule has 0 aliphatic rings. The van der Waals surface area contributed by atoms with Gasteiger partial charge < -0.3 is 5.32 Å². The third kappa shape index (κ3) is 4.53. The molecule has 2 aromatic carbocycles. The number of anilines is 1. The molecule has 0 saturated carbocycles. The lowest BCUT2D eigenvalue weighted by Crippen LogP contribution is -2.20. The van der Waals surface area contributed by atoms with Gasteiger partial charge in [-0.15, -0.1) is 0 Å². The highest BCUT2D eigenvalue weighted by molar-refractivity contribution is 5.49. The molecule has 1 N–H and O–H groups in total. The van der Waals surface area contributed by atoms with Crippen LogP contribution in [0.25, 0.3) is 0 Å². The average molecular weight is 290 g/mol. The van der Waals surface area contributed by atoms with E-state index in [1.165, 1.54) is 0 Å². The van der Waals surface area contributed by atoms with Gasteiger partial charge in [0.15, 0.2) is 0 Å². The van der Waals surface area contributed by atoms with Crippen LogP contribution in [0.2, 0.25) is 0 Å². The van der Waals surface area contributed by atoms with E-state index in [1.54, 1.807) is 54.6 Å². The molecule has 1 atom stereocenters. The van der Waals surface area contributed by atoms with Crippen molar-refractivity contribution in [2.24, 2.45) is 0 Å². The fourth-order valence-electron chi connectivity index (χ4n) is 2.01. The van der Waals surface area contributed by atoms with Crippen molar-refractivity contribution < 1.29 is 13.2 Å². The van der Waals surface area contributed by atoms with E-state index in [0.29, 0.717) is 16.8 Å². The van der Waals surface area contributed by atoms with Crippen molar-refractivity contribution >= 4 is 5.69 Å². The van der Waals surface area contributed by atoms with E-state index in [2.05, 4.69) is 5.32 Å². The number of hydrogen-bond acceptors (Lipinski definition) is 2. The van der Waals surface area contributed by atoms with Gasteiger partial charge in [0.05, 0.1) is 24.1 Å². The minimum absolute atomic E-state index is 0.465. The summed E-state index contributed by atoms with van der Waals surface area (Å²) in [6.45, 7) is 0. The molecule has 0 saturated heterocycles. The second-order valence-corrected chi connectivity index (χ2v) is 4.62. The van der Waals surface area contributed by atoms with Gasteiger partial charge in [-0.05, 0) is 29.8 Å². The van der Waals surface area contributed by atoms with E-state index in [1.807, 2.05) is 6.07 Å². The zero-order chi connectivity index (χ0) is 15.3. The first-order chi connectivity index (χ1) is 9.98. The lowest BCUT2D eigenvalue weighted by molar-refractivity contribution is -0.137. The molecule has 0 aliphatic heterocycles. The summed E-state index contributed by atoms with van der Waals surface area (Å²) in [7, 11) is 0. The molecule has 0 heterocycles. The number of hydrogen-bond donors (Lipinski definition) is 1. The van der Waals surface area contributed by atoms with Crippen LogP contribution in [0, 0.1) is 11.3 Å². The van der Waals surface area contributed by atoms with E-state index < -0.39 is 18.6 Å². The van der Waals surface area contributed by atoms with Crippen molar-refractivity contribution in [2.45, 2.75) is 18.6 Å². The van der Waals surface area contributed by atoms with Crippen molar-refractivity contribution in [1.29, 1.82) is 5.26 Å². The summed E-state index contributed by atoms with van der Waals surface area (Å²) in [5, 5.41) is 11.6. The van der Waals surface area contributed by atoms with Gasteiger partial charge in [0, 0.05) is 5.69 Å². The lowest BCUT2D eigenvalue weighted by Gasteiger charge is -2.22. The molecule has 1 unspecified atom stereocenters. The van der Waals surface area contributed by atoms with E-state index in [0.717, 1.165) is 0 Å². The van der Waals surface area contributed by atoms with Crippen LogP contribution in [-0.4, -0.2) is 6.18 Å². The maximum absolute atomic E-state index is 12.7. The molecule has 2 nitrogen and oxygen atoms in total. The summed E-state index contributed by atoms with van der Waals surface area (Å²) >= 11 is 0. The van der Waals surface area contributed by atoms with E-state index in [9.17, 15) is 13.2 Å². The van der Waals surface area contributed by atoms with Crippen LogP contribution < -0.4 is 5.32 Å². The zero-order valence-electron chi connectivity index (χ0n) is 11.1. The first kappa shape index (κ1) is 14.9. The predicted octanol–water partition coefficient (Wildman–Crippen LogP) is 4.66. The van der Waals surface area contributed by atoms with Crippen LogP contribution in [0.15, 0.2) is 54.6 Å². The Hall–Kier alpha value is -2.48. The molecular weight excluding hydrogens is 277 g/mol. The summed E-state index contributed by atoms with van der Waals surface area (Å²) < 4.78 is 38.2. The molecule has 108 valence electrons. The highest BCUT2D eigenvalue weighted by Gasteiger charge is 2.32. The summed E-state index contributed by atoms with van der Waals surface area (Å²) in [4.78, 5) is 0. The second kappa shape index (κ2) is 6.31. The number of rotatable bonds is 4. The zero-order valence-corrected chi connectivity index (χ0v) is 11.1. The summed E-state index contributed by atoms with van der Waals surface area (Å²) in [5.74, 6) is 0. The maximum Gasteiger partial charge on any atom is 0.391 e. The van der Waals surface area contributed by atoms with Crippen LogP contribution in [0.4, 0.5) is 18.9 Å². The molecule has 2 rings (SSSR count). The van der Waals surface area contributed by atoms with Gasteiger partial charge in [0.25, 0.3) is 0 Å². The third-order valence-electron chi connectivity index (χ3n) is 2.99. The van der Waals surface area contributed by atoms with E-state index in [-0.39, 0.29) is 0 Å². The summed E-state index contributed by atoms with van der Waals surface area (Å²) in [6.07, 6.45) is -5.23. The van der Waals surface area contributed by atoms with Gasteiger partial charge in [-0.2, -0.15) is 18.4 Å². The lowest BCUT2D eigenvalue weighted by atomic mass is 10.0. The fourth-order valence-corrected chi connectivity index (χ4v) is 2.01. The number of nitrogens with one attached hydrogen (secondary N) is 1. The minimum Gasteiger partial charge on any atom is -0.378 e. The Labute approximate surface area is 120 Å². The van der Waals surface area contributed by atoms with Crippen LogP contribution in [-0.2, 0) is 0 Å². The first-order valence-corrected chi connectivity index (χ1v) is 6.36. The fraction of sp³-hybridized carbons (Fsp3) is 0.188. The molecule has 0 spiro atoms. The Morgan fingerprint density at radius 1 is 1.00 bits per heavy atom. The maximum atomic E-state index is 12.7. The molecular formula is C16H13F3N2. The van der Waals surface area contributed by atoms with Crippen LogP contribution in [0.3, 0.4) is 0 Å². The molecule has 0 bridgehead atoms. The van der Waals surface area contributed by atoms with Gasteiger partial charge in [0.1, 0.15) is 0 Å². The average Bonchev–Trinajstić information content (AvgIpc) is 2.47. The number of nitriles is 1. The molecule has 21 heavy (non-hydrogen) atoms. The quantitative estimate of drug-likeness (QED) is 0.888. The van der Waals surface area contributed by atoms with Gasteiger partial charge >= 0.3 is 6.18 Å². The van der Waals surface area contributed by atoms with Gasteiger partial charge in [0.2, 0.25) is 0 Å². The number of halogens is 3. The molecule has 0 fully saturated rings. The van der Waals surface area contributed by atoms with Gasteiger partial charge in [-0.3, -0.25) is 0 Å². The van der Waals surface area contributed by atoms with Crippen LogP contribution >= 0.6 is 0 Å². The predicted molar refractivity (Wildman–Crippen MR) is 74.6 cm³/mol. The smallest absolute Gasteiger partial charge is 0.378 e. The van der Waals surface area contributed by atoms with Gasteiger partial charge in [-0.1, -0.05) is 30.3 Å². The van der Waals surface area contributed by atoms with Crippen molar-refractivity contribution in [3.05, 3.63) is 65.7 Å². The Morgan fingerprint density at radius 3 is 2.14 bits per heavy atom. The summed E-state index contributed by atoms with van der Waals surface area (Å²) in [5.41, 5.74) is 1.58. The largest absolute Gasteiger partial charge is 0.391 e. The summed E-state index contributed by atoms with van der Waals surface area (Å²) in [6, 6.07) is 15.9. The molecule has 0 amide bonds. The number of benzene rings is 2. The number of alkyl halides is 3. The van der Waals surface area contributed by atoms with Crippen LogP contribution in [0.5, 0.6) is 0 Å². The molecule has 0 radical (unpaired) electrons. The standard InChI is InChI=1S/C16H13F3N2/c17-16(18,19)10-15(13-4-2-1-3-5-13)21-14-8-6-12(11-20)7-9-14/h1-9,15,21H,10H2. The highest BCUT2D eigenvalue weighted by atomic mass is 19.4. The van der Waals surface area contributed by atoms with Crippen LogP contribution in [0.1, 0.15) is 23.6 Å². The van der Waals surface area contributed by atoms with Crippen molar-refractivity contribution in [3.8, 4) is 6.07 Å². The highest BCUT2D eigenvalue weighted by Crippen LogP contribution is 2.32.